The number of carboxylic acids is 1. The Hall–Kier alpha value is -1.99. The smallest absolute Gasteiger partial charge is 0.263 e. The Kier molecular flexibility index (Phi) is 5.27. The first-order chi connectivity index (χ1) is 12.6. The predicted octanol–water partition coefficient (Wildman–Crippen LogP) is 2.96. The number of hydrogen-bond donors (Lipinski definition) is 1. The van der Waals surface area contributed by atoms with Crippen LogP contribution in [0.2, 0.25) is 20.1 Å². The number of phenolic OH excluding ortho intramolecular Hbond substituents is 1. The van der Waals surface area contributed by atoms with E-state index in [1.54, 1.807) is 0 Å². The predicted molar refractivity (Wildman–Crippen MR) is 97.6 cm³/mol. The van der Waals surface area contributed by atoms with Crippen LogP contribution in [-0.2, 0) is 11.2 Å². The van der Waals surface area contributed by atoms with Crippen LogP contribution in [0.1, 0.15) is 26.3 Å². The fraction of sp³-hybridized carbons (Fsp3) is 0.118. The maximum atomic E-state index is 12.8. The number of nitrogens with zero attached hydrogens (tertiary/aromatic N) is 1. The molecule has 0 spiro atoms. The number of hydrogen-bond acceptors (Lipinski definition) is 5. The van der Waals surface area contributed by atoms with Crippen LogP contribution in [0.3, 0.4) is 0 Å². The fourth-order valence-corrected chi connectivity index (χ4v) is 3.80. The third kappa shape index (κ3) is 3.23. The molecule has 0 radical (unpaired) electrons. The zero-order valence-electron chi connectivity index (χ0n) is 13.1. The van der Waals surface area contributed by atoms with Gasteiger partial charge >= 0.3 is 0 Å². The number of phenols is 1. The van der Waals surface area contributed by atoms with Crippen molar-refractivity contribution in [2.24, 2.45) is 0 Å². The van der Waals surface area contributed by atoms with Gasteiger partial charge in [0.15, 0.2) is 0 Å². The number of imide groups is 1. The van der Waals surface area contributed by atoms with Gasteiger partial charge in [0.05, 0.1) is 43.2 Å². The Morgan fingerprint density at radius 3 is 1.78 bits per heavy atom. The highest BCUT2D eigenvalue weighted by Crippen LogP contribution is 2.45. The lowest BCUT2D eigenvalue weighted by atomic mass is 10.0. The number of halogens is 4. The van der Waals surface area contributed by atoms with E-state index >= 15 is 0 Å². The molecule has 6 nitrogen and oxygen atoms in total. The molecule has 0 saturated carbocycles. The molecule has 10 heteroatoms. The van der Waals surface area contributed by atoms with E-state index < -0.39 is 23.8 Å². The summed E-state index contributed by atoms with van der Waals surface area (Å²) in [7, 11) is 0. The molecule has 1 unspecified atom stereocenters. The quantitative estimate of drug-likeness (QED) is 0.441. The molecule has 2 aromatic carbocycles. The highest BCUT2D eigenvalue weighted by molar-refractivity contribution is 6.55. The maximum absolute atomic E-state index is 12.8. The van der Waals surface area contributed by atoms with Gasteiger partial charge in [-0.1, -0.05) is 58.5 Å². The van der Waals surface area contributed by atoms with Crippen molar-refractivity contribution in [3.63, 3.8) is 0 Å². The van der Waals surface area contributed by atoms with Gasteiger partial charge in [-0.05, 0) is 24.1 Å². The molecule has 1 aliphatic heterocycles. The molecule has 3 rings (SSSR count). The number of benzene rings is 2. The highest BCUT2D eigenvalue weighted by Gasteiger charge is 2.45. The number of carbonyl (C=O) groups is 3. The average molecular weight is 448 g/mol. The third-order valence-corrected chi connectivity index (χ3v) is 5.88. The number of aliphatic carboxylic acids is 1. The SMILES string of the molecule is O=C([O-])C(Cc1ccc(O)cc1)N1C(=O)c2c(Cl)c(Cl)c(Cl)c(Cl)c2C1=O. The molecule has 1 aliphatic rings. The summed E-state index contributed by atoms with van der Waals surface area (Å²) in [5, 5.41) is 20.0. The molecule has 0 bridgehead atoms. The lowest BCUT2D eigenvalue weighted by molar-refractivity contribution is -0.310. The zero-order chi connectivity index (χ0) is 20.0. The number of aromatic hydroxyl groups is 1. The van der Waals surface area contributed by atoms with Gasteiger partial charge in [-0.3, -0.25) is 14.5 Å². The number of amides is 2. The highest BCUT2D eigenvalue weighted by atomic mass is 35.5. The van der Waals surface area contributed by atoms with Crippen molar-refractivity contribution in [1.29, 1.82) is 0 Å². The van der Waals surface area contributed by atoms with Crippen molar-refractivity contribution >= 4 is 64.2 Å². The average Bonchev–Trinajstić information content (AvgIpc) is 2.88. The minimum Gasteiger partial charge on any atom is -0.548 e. The Morgan fingerprint density at radius 1 is 0.926 bits per heavy atom. The van der Waals surface area contributed by atoms with Gasteiger partial charge in [0.25, 0.3) is 11.8 Å². The summed E-state index contributed by atoms with van der Waals surface area (Å²) in [5.74, 6) is -3.60. The van der Waals surface area contributed by atoms with Crippen molar-refractivity contribution < 1.29 is 24.6 Å². The van der Waals surface area contributed by atoms with Crippen LogP contribution in [0, 0.1) is 0 Å². The first-order valence-corrected chi connectivity index (χ1v) is 8.89. The lowest BCUT2D eigenvalue weighted by Crippen LogP contribution is -2.51. The normalized spacial score (nSPS) is 14.4. The van der Waals surface area contributed by atoms with E-state index in [1.807, 2.05) is 0 Å². The largest absolute Gasteiger partial charge is 0.548 e. The Balaban J connectivity index is 2.07. The van der Waals surface area contributed by atoms with E-state index in [-0.39, 0.29) is 43.4 Å². The summed E-state index contributed by atoms with van der Waals surface area (Å²) < 4.78 is 0. The minimum atomic E-state index is -1.65. The van der Waals surface area contributed by atoms with Crippen molar-refractivity contribution in [2.75, 3.05) is 0 Å². The standard InChI is InChI=1S/C17H9Cl4NO5/c18-11-9-10(12(19)14(21)13(11)20)16(25)22(15(9)24)8(17(26)27)5-6-1-3-7(23)4-2-6/h1-4,8,23H,5H2,(H,26,27)/p-1. The van der Waals surface area contributed by atoms with Crippen LogP contribution >= 0.6 is 46.4 Å². The molecule has 1 atom stereocenters. The van der Waals surface area contributed by atoms with E-state index in [9.17, 15) is 24.6 Å². The van der Waals surface area contributed by atoms with Crippen molar-refractivity contribution in [3.8, 4) is 5.75 Å². The van der Waals surface area contributed by atoms with E-state index in [2.05, 4.69) is 0 Å². The minimum absolute atomic E-state index is 0.0210. The molecule has 0 aromatic heterocycles. The molecule has 1 heterocycles. The van der Waals surface area contributed by atoms with Gasteiger partial charge in [0.1, 0.15) is 5.75 Å². The van der Waals surface area contributed by atoms with Crippen molar-refractivity contribution in [1.82, 2.24) is 4.90 Å². The van der Waals surface area contributed by atoms with E-state index in [0.717, 1.165) is 0 Å². The first-order valence-electron chi connectivity index (χ1n) is 7.37. The van der Waals surface area contributed by atoms with Crippen LogP contribution in [0.15, 0.2) is 24.3 Å². The van der Waals surface area contributed by atoms with Crippen molar-refractivity contribution in [3.05, 3.63) is 61.0 Å². The number of carboxylic acid groups (broad SMARTS) is 1. The third-order valence-electron chi connectivity index (χ3n) is 4.08. The van der Waals surface area contributed by atoms with E-state index in [0.29, 0.717) is 10.5 Å². The van der Waals surface area contributed by atoms with Gasteiger partial charge in [-0.15, -0.1) is 0 Å². The fourth-order valence-electron chi connectivity index (χ4n) is 2.78. The Morgan fingerprint density at radius 2 is 1.37 bits per heavy atom. The molecule has 0 saturated heterocycles. The molecule has 0 fully saturated rings. The van der Waals surface area contributed by atoms with Gasteiger partial charge in [-0.2, -0.15) is 0 Å². The molecular weight excluding hydrogens is 440 g/mol. The molecule has 2 amide bonds. The van der Waals surface area contributed by atoms with Gasteiger partial charge in [-0.25, -0.2) is 0 Å². The summed E-state index contributed by atoms with van der Waals surface area (Å²) in [6, 6.07) is 3.97. The van der Waals surface area contributed by atoms with Crippen LogP contribution in [-0.4, -0.2) is 33.8 Å². The number of carbonyl (C=O) groups excluding carboxylic acids is 3. The van der Waals surface area contributed by atoms with E-state index in [1.165, 1.54) is 24.3 Å². The molecule has 140 valence electrons. The topological polar surface area (TPSA) is 97.7 Å². The zero-order valence-corrected chi connectivity index (χ0v) is 16.2. The Labute approximate surface area is 172 Å². The molecule has 0 aliphatic carbocycles. The van der Waals surface area contributed by atoms with Crippen LogP contribution in [0.25, 0.3) is 0 Å². The first kappa shape index (κ1) is 19.8. The molecular formula is C17H8Cl4NO5-. The number of fused-ring (bicyclic) bond motifs is 1. The van der Waals surface area contributed by atoms with E-state index in [4.69, 9.17) is 46.4 Å². The second-order valence-corrected chi connectivity index (χ2v) is 7.20. The molecule has 1 N–H and O–H groups in total. The summed E-state index contributed by atoms with van der Waals surface area (Å²) in [6.45, 7) is 0. The molecule has 27 heavy (non-hydrogen) atoms. The number of rotatable bonds is 4. The summed E-state index contributed by atoms with van der Waals surface area (Å²) in [4.78, 5) is 37.7. The van der Waals surface area contributed by atoms with Crippen molar-refractivity contribution in [2.45, 2.75) is 12.5 Å². The monoisotopic (exact) mass is 446 g/mol. The maximum Gasteiger partial charge on any atom is 0.263 e. The summed E-state index contributed by atoms with van der Waals surface area (Å²) >= 11 is 23.9. The van der Waals surface area contributed by atoms with Gasteiger partial charge < -0.3 is 15.0 Å². The lowest BCUT2D eigenvalue weighted by Gasteiger charge is -2.27. The second kappa shape index (κ2) is 7.20. The van der Waals surface area contributed by atoms with Crippen LogP contribution in [0.5, 0.6) is 5.75 Å². The summed E-state index contributed by atoms with van der Waals surface area (Å²) in [5.41, 5.74) is -0.164. The molecule has 2 aromatic rings. The van der Waals surface area contributed by atoms with Gasteiger partial charge in [0, 0.05) is 0 Å². The van der Waals surface area contributed by atoms with Crippen LogP contribution in [0.4, 0.5) is 0 Å². The summed E-state index contributed by atoms with van der Waals surface area (Å²) in [6.07, 6.45) is -0.245. The van der Waals surface area contributed by atoms with Gasteiger partial charge in [0.2, 0.25) is 0 Å². The Bertz CT molecular complexity index is 943. The van der Waals surface area contributed by atoms with Crippen LogP contribution < -0.4 is 5.11 Å². The second-order valence-electron chi connectivity index (χ2n) is 5.69.